The highest BCUT2D eigenvalue weighted by atomic mass is 35.5. The van der Waals surface area contributed by atoms with Crippen LogP contribution in [0.1, 0.15) is 55.1 Å². The highest BCUT2D eigenvalue weighted by Crippen LogP contribution is 2.46. The smallest absolute Gasteiger partial charge is 0.407 e. The maximum Gasteiger partial charge on any atom is 0.407 e. The van der Waals surface area contributed by atoms with Gasteiger partial charge in [-0.2, -0.15) is 0 Å². The Morgan fingerprint density at radius 1 is 1.00 bits per heavy atom. The summed E-state index contributed by atoms with van der Waals surface area (Å²) in [7, 11) is 0. The van der Waals surface area contributed by atoms with Gasteiger partial charge in [0.05, 0.1) is 5.56 Å². The number of halogens is 1. The number of ether oxygens (including phenoxy) is 1. The van der Waals surface area contributed by atoms with Crippen molar-refractivity contribution in [3.63, 3.8) is 0 Å². The topological polar surface area (TPSA) is 198 Å². The van der Waals surface area contributed by atoms with Crippen LogP contribution < -0.4 is 16.4 Å². The number of carboxylic acids is 1. The van der Waals surface area contributed by atoms with E-state index in [9.17, 15) is 24.3 Å². The van der Waals surface area contributed by atoms with E-state index >= 15 is 0 Å². The van der Waals surface area contributed by atoms with E-state index in [1.807, 2.05) is 91.0 Å². The van der Waals surface area contributed by atoms with E-state index < -0.39 is 46.5 Å². The molecule has 0 bridgehead atoms. The third kappa shape index (κ3) is 10.00. The molecule has 2 aliphatic rings. The van der Waals surface area contributed by atoms with Crippen LogP contribution in [-0.4, -0.2) is 78.9 Å². The van der Waals surface area contributed by atoms with Crippen LogP contribution in [0.15, 0.2) is 130 Å². The first-order valence-electron chi connectivity index (χ1n) is 19.4. The minimum Gasteiger partial charge on any atom is -0.477 e. The van der Waals surface area contributed by atoms with Crippen molar-refractivity contribution in [1.29, 1.82) is 0 Å². The molecule has 0 unspecified atom stereocenters. The predicted molar refractivity (Wildman–Crippen MR) is 244 cm³/mol. The molecule has 0 aliphatic carbocycles. The fraction of sp³-hybridized carbons (Fsp3) is 0.222. The van der Waals surface area contributed by atoms with Crippen molar-refractivity contribution < 1.29 is 33.9 Å². The van der Waals surface area contributed by atoms with E-state index in [1.165, 1.54) is 16.7 Å². The minimum absolute atomic E-state index is 0.0555. The number of thiazole rings is 1. The van der Waals surface area contributed by atoms with Crippen molar-refractivity contribution in [1.82, 2.24) is 25.5 Å². The van der Waals surface area contributed by atoms with Crippen LogP contribution in [0.4, 0.5) is 9.93 Å². The van der Waals surface area contributed by atoms with E-state index in [4.69, 9.17) is 26.9 Å². The number of fused-ring (bicyclic) bond motifs is 1. The van der Waals surface area contributed by atoms with Crippen LogP contribution in [0.5, 0.6) is 0 Å². The van der Waals surface area contributed by atoms with Gasteiger partial charge in [0, 0.05) is 57.6 Å². The minimum atomic E-state index is -1.37. The zero-order valence-electron chi connectivity index (χ0n) is 34.0. The lowest BCUT2D eigenvalue weighted by Crippen LogP contribution is -2.71. The summed E-state index contributed by atoms with van der Waals surface area (Å²) in [4.78, 5) is 70.5. The van der Waals surface area contributed by atoms with Crippen LogP contribution in [-0.2, 0) is 29.6 Å². The molecule has 0 spiro atoms. The number of thioether (sulfide) groups is 2. The van der Waals surface area contributed by atoms with Crippen molar-refractivity contribution >= 4 is 81.2 Å². The van der Waals surface area contributed by atoms with E-state index in [2.05, 4.69) is 37.6 Å². The van der Waals surface area contributed by atoms with Gasteiger partial charge in [0.2, 0.25) is 5.60 Å². The number of β-lactam (4-membered cyclic amide) rings is 1. The lowest BCUT2D eigenvalue weighted by molar-refractivity contribution is -0.150. The number of nitrogens with zero attached hydrogens (tertiary/aromatic N) is 4. The number of oxime groups is 1. The molecule has 3 amide bonds. The molecule has 7 rings (SSSR count). The molecule has 2 aliphatic heterocycles. The number of aliphatic carboxylic acids is 1. The number of carbonyl (C=O) groups excluding carboxylic acids is 3. The Labute approximate surface area is 380 Å². The average Bonchev–Trinajstić information content (AvgIpc) is 3.61. The number of pyridine rings is 1. The summed E-state index contributed by atoms with van der Waals surface area (Å²) in [5.41, 5.74) is 6.09. The van der Waals surface area contributed by atoms with Crippen molar-refractivity contribution in [3.05, 3.63) is 152 Å². The summed E-state index contributed by atoms with van der Waals surface area (Å²) in [6, 6.07) is 28.8. The van der Waals surface area contributed by atoms with Gasteiger partial charge in [0.25, 0.3) is 11.8 Å². The normalized spacial score (nSPS) is 16.2. The van der Waals surface area contributed by atoms with Crippen LogP contribution in [0.3, 0.4) is 0 Å². The number of aromatic nitrogens is 2. The van der Waals surface area contributed by atoms with Crippen molar-refractivity contribution in [3.8, 4) is 11.8 Å². The van der Waals surface area contributed by atoms with Gasteiger partial charge in [0.1, 0.15) is 32.7 Å². The van der Waals surface area contributed by atoms with Crippen LogP contribution >= 0.6 is 46.5 Å². The summed E-state index contributed by atoms with van der Waals surface area (Å²) >= 11 is 10.00. The van der Waals surface area contributed by atoms with Gasteiger partial charge in [-0.1, -0.05) is 143 Å². The Balaban J connectivity index is 1.14. The summed E-state index contributed by atoms with van der Waals surface area (Å²) in [5, 5.41) is 19.7. The Kier molecular flexibility index (Phi) is 13.8. The summed E-state index contributed by atoms with van der Waals surface area (Å²) < 4.78 is 5.32. The van der Waals surface area contributed by atoms with Gasteiger partial charge in [-0.3, -0.25) is 19.5 Å². The quantitative estimate of drug-likeness (QED) is 0.0231. The fourth-order valence-electron chi connectivity index (χ4n) is 6.72. The lowest BCUT2D eigenvalue weighted by Gasteiger charge is -2.49. The third-order valence-corrected chi connectivity index (χ3v) is 13.1. The number of anilines is 1. The standard InChI is InChI=1S/C45H40ClN7O7S3/c1-44(2,3)59-43(58)49-23-14-13-15-27-25-48-24-22-31(27)62-32-26-61-40-35(39(55)53(40)36(32)41(56)57)50-38(54)34(33-37(46)63-42(47)51-33)52-60-45(28-16-7-4-8-17-28,29-18-9-5-10-19-29)30-20-11-6-12-21-30/h4-12,16-22,24-25,35,40H,14,23,26H2,1-3H3,(H2,47,51)(H,49,58)(H,50,54)(H,56,57)/t35-,40+/m1/s1. The Hall–Kier alpha value is -6.32. The molecule has 14 nitrogen and oxygen atoms in total. The van der Waals surface area contributed by atoms with Gasteiger partial charge in [-0.15, -0.1) is 11.8 Å². The van der Waals surface area contributed by atoms with Gasteiger partial charge in [-0.05, 0) is 26.8 Å². The maximum absolute atomic E-state index is 14.4. The maximum atomic E-state index is 14.4. The number of nitrogens with two attached hydrogens (primary N) is 1. The lowest BCUT2D eigenvalue weighted by atomic mass is 9.80. The number of alkyl carbamates (subject to hydrolysis) is 1. The molecule has 2 aromatic heterocycles. The number of nitrogens with one attached hydrogen (secondary N) is 2. The molecule has 2 atom stereocenters. The third-order valence-electron chi connectivity index (χ3n) is 9.43. The predicted octanol–water partition coefficient (Wildman–Crippen LogP) is 7.24. The number of rotatable bonds is 13. The Bertz CT molecular complexity index is 2550. The molecular formula is C45H40ClN7O7S3. The van der Waals surface area contributed by atoms with Gasteiger partial charge >= 0.3 is 12.1 Å². The summed E-state index contributed by atoms with van der Waals surface area (Å²) in [5.74, 6) is 3.46. The molecule has 0 radical (unpaired) electrons. The number of hydrogen-bond donors (Lipinski definition) is 4. The van der Waals surface area contributed by atoms with E-state index in [1.54, 1.807) is 39.2 Å². The van der Waals surface area contributed by atoms with E-state index in [-0.39, 0.29) is 38.9 Å². The Morgan fingerprint density at radius 2 is 1.62 bits per heavy atom. The van der Waals surface area contributed by atoms with Crippen LogP contribution in [0, 0.1) is 11.8 Å². The average molecular weight is 923 g/mol. The highest BCUT2D eigenvalue weighted by Gasteiger charge is 2.55. The molecular weight excluding hydrogens is 882 g/mol. The monoisotopic (exact) mass is 921 g/mol. The number of hydrogen-bond acceptors (Lipinski definition) is 13. The molecule has 63 heavy (non-hydrogen) atoms. The number of carboxylic acid groups (broad SMARTS) is 1. The molecule has 5 aromatic rings. The second kappa shape index (κ2) is 19.4. The molecule has 0 saturated carbocycles. The first-order valence-corrected chi connectivity index (χ1v) is 22.5. The van der Waals surface area contributed by atoms with Gasteiger partial charge < -0.3 is 31.0 Å². The zero-order chi connectivity index (χ0) is 44.7. The van der Waals surface area contributed by atoms with E-state index in [0.717, 1.165) is 23.1 Å². The first kappa shape index (κ1) is 44.7. The SMILES string of the molecule is CC(C)(C)OC(=O)NCCC#Cc1cnccc1SC1=C(C(=O)O)N2C(=O)[C@@H](NC(=O)C(=NOC(c3ccccc3)(c3ccccc3)c3ccccc3)c3nc(N)sc3Cl)[C@@H]2SC1. The van der Waals surface area contributed by atoms with Crippen molar-refractivity contribution in [2.45, 2.75) is 54.7 Å². The molecule has 1 fully saturated rings. The second-order valence-corrected chi connectivity index (χ2v) is 18.8. The summed E-state index contributed by atoms with van der Waals surface area (Å²) in [6.45, 7) is 5.57. The number of nitrogen functional groups attached to an aromatic ring is 1. The highest BCUT2D eigenvalue weighted by molar-refractivity contribution is 8.06. The molecule has 4 heterocycles. The molecule has 322 valence electrons. The number of amides is 3. The number of benzene rings is 3. The zero-order valence-corrected chi connectivity index (χ0v) is 37.2. The second-order valence-electron chi connectivity index (χ2n) is 14.9. The molecule has 3 aromatic carbocycles. The molecule has 18 heteroatoms. The van der Waals surface area contributed by atoms with Crippen LogP contribution in [0.2, 0.25) is 4.34 Å². The van der Waals surface area contributed by atoms with Crippen LogP contribution in [0.25, 0.3) is 0 Å². The van der Waals surface area contributed by atoms with Crippen molar-refractivity contribution in [2.75, 3.05) is 18.0 Å². The summed E-state index contributed by atoms with van der Waals surface area (Å²) in [6.07, 6.45) is 2.90. The molecule has 5 N–H and O–H groups in total. The van der Waals surface area contributed by atoms with E-state index in [0.29, 0.717) is 38.5 Å². The number of carbonyl (C=O) groups is 4. The van der Waals surface area contributed by atoms with Crippen molar-refractivity contribution in [2.24, 2.45) is 5.16 Å². The molecule has 1 saturated heterocycles. The van der Waals surface area contributed by atoms with Gasteiger partial charge in [0.15, 0.2) is 10.8 Å². The first-order chi connectivity index (χ1) is 30.3. The fourth-order valence-corrected chi connectivity index (χ4v) is 10.2. The van der Waals surface area contributed by atoms with Gasteiger partial charge in [-0.25, -0.2) is 14.6 Å². The Morgan fingerprint density at radius 3 is 2.17 bits per heavy atom. The largest absolute Gasteiger partial charge is 0.477 e.